The van der Waals surface area contributed by atoms with E-state index in [0.29, 0.717) is 28.1 Å². The van der Waals surface area contributed by atoms with Crippen molar-refractivity contribution in [3.05, 3.63) is 92.5 Å². The topological polar surface area (TPSA) is 183 Å². The smallest absolute Gasteiger partial charge is 0.274 e. The molecular formula is C24H23N7O7. The summed E-state index contributed by atoms with van der Waals surface area (Å²) in [5, 5.41) is 43.0. The first kappa shape index (κ1) is 25.1. The zero-order chi connectivity index (χ0) is 26.8. The highest BCUT2D eigenvalue weighted by molar-refractivity contribution is 5.83. The van der Waals surface area contributed by atoms with Gasteiger partial charge in [0.05, 0.1) is 42.0 Å². The number of nitrogens with zero attached hydrogens (tertiary/aromatic N) is 7. The first-order valence-corrected chi connectivity index (χ1v) is 11.7. The molecule has 3 heterocycles. The van der Waals surface area contributed by atoms with Crippen LogP contribution in [-0.4, -0.2) is 58.4 Å². The number of ether oxygens (including phenoxy) is 1. The summed E-state index contributed by atoms with van der Waals surface area (Å²) >= 11 is 0. The lowest BCUT2D eigenvalue weighted by molar-refractivity contribution is -0.385. The van der Waals surface area contributed by atoms with Crippen molar-refractivity contribution < 1.29 is 24.8 Å². The number of hydrogen-bond acceptors (Lipinski definition) is 11. The Morgan fingerprint density at radius 1 is 0.974 bits per heavy atom. The van der Waals surface area contributed by atoms with Crippen LogP contribution in [0.5, 0.6) is 0 Å². The molecule has 196 valence electrons. The Bertz CT molecular complexity index is 1430. The van der Waals surface area contributed by atoms with Crippen molar-refractivity contribution in [3.63, 3.8) is 0 Å². The van der Waals surface area contributed by atoms with Crippen LogP contribution >= 0.6 is 0 Å². The lowest BCUT2D eigenvalue weighted by Gasteiger charge is -2.24. The molecule has 3 atom stereocenters. The molecule has 0 saturated carbocycles. The molecule has 2 aromatic heterocycles. The van der Waals surface area contributed by atoms with Crippen molar-refractivity contribution in [2.75, 3.05) is 11.5 Å². The molecule has 0 aliphatic carbocycles. The van der Waals surface area contributed by atoms with Crippen molar-refractivity contribution in [1.29, 1.82) is 0 Å². The quantitative estimate of drug-likeness (QED) is 0.244. The van der Waals surface area contributed by atoms with Gasteiger partial charge in [0, 0.05) is 29.7 Å². The van der Waals surface area contributed by atoms with Gasteiger partial charge < -0.3 is 19.8 Å². The fourth-order valence-corrected chi connectivity index (χ4v) is 4.59. The summed E-state index contributed by atoms with van der Waals surface area (Å²) in [6.07, 6.45) is 0.760. The van der Waals surface area contributed by atoms with Gasteiger partial charge >= 0.3 is 0 Å². The minimum atomic E-state index is -0.863. The molecule has 38 heavy (non-hydrogen) atoms. The van der Waals surface area contributed by atoms with E-state index in [1.165, 1.54) is 24.8 Å². The number of benzene rings is 2. The van der Waals surface area contributed by atoms with E-state index in [0.717, 1.165) is 0 Å². The van der Waals surface area contributed by atoms with Crippen molar-refractivity contribution in [2.24, 2.45) is 0 Å². The van der Waals surface area contributed by atoms with Crippen molar-refractivity contribution in [2.45, 2.75) is 37.9 Å². The number of rotatable bonds is 9. The highest BCUT2D eigenvalue weighted by Gasteiger charge is 2.35. The molecule has 1 unspecified atom stereocenters. The number of para-hydroxylation sites is 2. The van der Waals surface area contributed by atoms with E-state index in [4.69, 9.17) is 4.74 Å². The monoisotopic (exact) mass is 521 g/mol. The first-order chi connectivity index (χ1) is 18.4. The van der Waals surface area contributed by atoms with Crippen LogP contribution in [0.15, 0.2) is 61.2 Å². The van der Waals surface area contributed by atoms with Crippen molar-refractivity contribution >= 4 is 28.4 Å². The zero-order valence-corrected chi connectivity index (χ0v) is 19.9. The molecule has 1 saturated heterocycles. The second-order valence-corrected chi connectivity index (χ2v) is 8.76. The molecule has 1 aliphatic rings. The third-order valence-electron chi connectivity index (χ3n) is 6.43. The summed E-state index contributed by atoms with van der Waals surface area (Å²) in [6.45, 7) is -0.329. The molecule has 0 radical (unpaired) electrons. The van der Waals surface area contributed by atoms with Gasteiger partial charge in [-0.05, 0) is 0 Å². The van der Waals surface area contributed by atoms with Crippen LogP contribution in [0.4, 0.5) is 17.2 Å². The van der Waals surface area contributed by atoms with Crippen LogP contribution in [0.25, 0.3) is 11.2 Å². The molecule has 14 nitrogen and oxygen atoms in total. The maximum absolute atomic E-state index is 11.7. The summed E-state index contributed by atoms with van der Waals surface area (Å²) in [7, 11) is 0. The van der Waals surface area contributed by atoms with E-state index in [2.05, 4.69) is 15.0 Å². The fourth-order valence-electron chi connectivity index (χ4n) is 4.59. The predicted octanol–water partition coefficient (Wildman–Crippen LogP) is 2.49. The molecule has 0 bridgehead atoms. The van der Waals surface area contributed by atoms with Gasteiger partial charge in [-0.25, -0.2) is 15.0 Å². The standard InChI is InChI=1S/C24H23N7O7/c32-12-20-19(33)9-21(38-20)29-14-27-22-23(25-13-26-24(22)29)28(10-15-5-1-3-7-17(15)30(34)35)11-16-6-2-4-8-18(16)31(36)37/h1-8,13-14,19-21,32-33H,9-12H2/t19-,20?,21-/m1/s1. The van der Waals surface area contributed by atoms with Gasteiger partial charge in [0.25, 0.3) is 11.4 Å². The summed E-state index contributed by atoms with van der Waals surface area (Å²) in [6, 6.07) is 12.5. The van der Waals surface area contributed by atoms with Crippen molar-refractivity contribution in [3.8, 4) is 0 Å². The summed E-state index contributed by atoms with van der Waals surface area (Å²) in [5.74, 6) is 0.308. The summed E-state index contributed by atoms with van der Waals surface area (Å²) in [5.41, 5.74) is 1.29. The molecule has 4 aromatic rings. The second-order valence-electron chi connectivity index (χ2n) is 8.76. The summed E-state index contributed by atoms with van der Waals surface area (Å²) in [4.78, 5) is 37.3. The van der Waals surface area contributed by atoms with Gasteiger partial charge in [0.1, 0.15) is 18.7 Å². The lowest BCUT2D eigenvalue weighted by atomic mass is 10.1. The Labute approximate surface area is 215 Å². The Balaban J connectivity index is 1.59. The third kappa shape index (κ3) is 4.74. The molecular weight excluding hydrogens is 498 g/mol. The van der Waals surface area contributed by atoms with Crippen LogP contribution in [0, 0.1) is 20.2 Å². The number of imidazole rings is 1. The molecule has 2 N–H and O–H groups in total. The zero-order valence-electron chi connectivity index (χ0n) is 19.9. The van der Waals surface area contributed by atoms with Gasteiger partial charge in [0.15, 0.2) is 17.0 Å². The Morgan fingerprint density at radius 3 is 2.13 bits per heavy atom. The van der Waals surface area contributed by atoms with Gasteiger partial charge in [-0.2, -0.15) is 0 Å². The van der Waals surface area contributed by atoms with Crippen molar-refractivity contribution in [1.82, 2.24) is 19.5 Å². The number of hydrogen-bond donors (Lipinski definition) is 2. The van der Waals surface area contributed by atoms with Gasteiger partial charge in [-0.3, -0.25) is 24.8 Å². The number of aromatic nitrogens is 4. The minimum Gasteiger partial charge on any atom is -0.394 e. The predicted molar refractivity (Wildman–Crippen MR) is 133 cm³/mol. The lowest BCUT2D eigenvalue weighted by Crippen LogP contribution is -2.25. The van der Waals surface area contributed by atoms with E-state index < -0.39 is 28.3 Å². The fraction of sp³-hybridized carbons (Fsp3) is 0.292. The molecule has 0 spiro atoms. The Morgan fingerprint density at radius 2 is 1.58 bits per heavy atom. The van der Waals surface area contributed by atoms with Crippen LogP contribution in [0.3, 0.4) is 0 Å². The molecule has 14 heteroatoms. The normalized spacial score (nSPS) is 19.1. The van der Waals surface area contributed by atoms with Crippen LogP contribution in [-0.2, 0) is 17.8 Å². The van der Waals surface area contributed by atoms with Crippen LogP contribution in [0.2, 0.25) is 0 Å². The SMILES string of the molecule is O=[N+]([O-])c1ccccc1CN(Cc1ccccc1[N+](=O)[O-])c1ncnc2c1ncn2[C@H]1C[C@@H](O)C(CO)O1. The van der Waals surface area contributed by atoms with Crippen LogP contribution < -0.4 is 4.90 Å². The first-order valence-electron chi connectivity index (χ1n) is 11.7. The number of aliphatic hydroxyl groups excluding tert-OH is 2. The van der Waals surface area contributed by atoms with E-state index in [-0.39, 0.29) is 37.5 Å². The Kier molecular flexibility index (Phi) is 6.91. The number of anilines is 1. The van der Waals surface area contributed by atoms with Gasteiger partial charge in [0.2, 0.25) is 0 Å². The number of aliphatic hydroxyl groups is 2. The maximum Gasteiger partial charge on any atom is 0.274 e. The molecule has 0 amide bonds. The third-order valence-corrected chi connectivity index (χ3v) is 6.43. The van der Waals surface area contributed by atoms with E-state index in [9.17, 15) is 30.4 Å². The largest absolute Gasteiger partial charge is 0.394 e. The number of nitro groups is 2. The molecule has 2 aromatic carbocycles. The highest BCUT2D eigenvalue weighted by atomic mass is 16.6. The average Bonchev–Trinajstić information content (AvgIpc) is 3.51. The van der Waals surface area contributed by atoms with Crippen LogP contribution in [0.1, 0.15) is 23.8 Å². The number of nitro benzene ring substituents is 2. The van der Waals surface area contributed by atoms with E-state index in [1.807, 2.05) is 0 Å². The van der Waals surface area contributed by atoms with Gasteiger partial charge in [-0.1, -0.05) is 36.4 Å². The summed E-state index contributed by atoms with van der Waals surface area (Å²) < 4.78 is 7.37. The maximum atomic E-state index is 11.7. The average molecular weight is 521 g/mol. The number of fused-ring (bicyclic) bond motifs is 1. The van der Waals surface area contributed by atoms with E-state index >= 15 is 0 Å². The second kappa shape index (κ2) is 10.5. The molecule has 1 fully saturated rings. The van der Waals surface area contributed by atoms with E-state index in [1.54, 1.807) is 45.9 Å². The van der Waals surface area contributed by atoms with Gasteiger partial charge in [-0.15, -0.1) is 0 Å². The minimum absolute atomic E-state index is 0.00735. The molecule has 1 aliphatic heterocycles. The Hall–Kier alpha value is -4.53. The molecule has 5 rings (SSSR count). The highest BCUT2D eigenvalue weighted by Crippen LogP contribution is 2.34.